The number of primary amides is 1. The molecule has 39 heavy (non-hydrogen) atoms. The third kappa shape index (κ3) is 8.58. The molecule has 3 aromatic rings. The molecule has 0 bridgehead atoms. The van der Waals surface area contributed by atoms with Gasteiger partial charge in [-0.25, -0.2) is 5.57 Å². The fourth-order valence-corrected chi connectivity index (χ4v) is 4.19. The van der Waals surface area contributed by atoms with Crippen molar-refractivity contribution in [2.45, 2.75) is 34.6 Å². The summed E-state index contributed by atoms with van der Waals surface area (Å²) in [5, 5.41) is 2.86. The van der Waals surface area contributed by atoms with Crippen LogP contribution in [0.4, 0.5) is 5.69 Å². The van der Waals surface area contributed by atoms with Gasteiger partial charge in [-0.3, -0.25) is 15.7 Å². The van der Waals surface area contributed by atoms with E-state index >= 15 is 0 Å². The number of nitrogens with two attached hydrogens (primary N) is 1. The van der Waals surface area contributed by atoms with E-state index in [0.717, 1.165) is 0 Å². The summed E-state index contributed by atoms with van der Waals surface area (Å²) in [5.74, 6) is -0.277. The quantitative estimate of drug-likeness (QED) is 0.232. The van der Waals surface area contributed by atoms with Gasteiger partial charge in [0, 0.05) is 32.8 Å². The number of hydrogen-bond acceptors (Lipinski definition) is 3. The van der Waals surface area contributed by atoms with E-state index < -0.39 is 5.91 Å². The number of anilines is 1. The number of rotatable bonds is 5. The van der Waals surface area contributed by atoms with Crippen molar-refractivity contribution in [2.24, 2.45) is 11.1 Å². The van der Waals surface area contributed by atoms with Crippen LogP contribution in [0.3, 0.4) is 0 Å². The van der Waals surface area contributed by atoms with Crippen molar-refractivity contribution in [3.63, 3.8) is 0 Å². The topological polar surface area (TPSA) is 81.4 Å². The number of nitrogens with one attached hydrogen (secondary N) is 1. The molecule has 4 rings (SSSR count). The third-order valence-electron chi connectivity index (χ3n) is 6.57. The van der Waals surface area contributed by atoms with Crippen molar-refractivity contribution >= 4 is 42.3 Å². The molecule has 0 unspecified atom stereocenters. The Morgan fingerprint density at radius 3 is 1.77 bits per heavy atom. The fraction of sp³-hybridized carbons (Fsp3) is 0.226. The van der Waals surface area contributed by atoms with Crippen LogP contribution in [0.25, 0.3) is 11.1 Å². The Labute approximate surface area is 259 Å². The Morgan fingerprint density at radius 2 is 1.31 bits per heavy atom. The molecule has 0 saturated heterocycles. The smallest absolute Gasteiger partial charge is 0.256 e. The van der Waals surface area contributed by atoms with Gasteiger partial charge in [0.2, 0.25) is 5.91 Å². The van der Waals surface area contributed by atoms with Crippen LogP contribution < -0.4 is 15.8 Å². The van der Waals surface area contributed by atoms with Gasteiger partial charge in [0.15, 0.2) is 0 Å². The molecular formula is C31H35Cl2N2O3Ti-. The van der Waals surface area contributed by atoms with Gasteiger partial charge in [-0.05, 0) is 35.4 Å². The molecule has 0 fully saturated rings. The van der Waals surface area contributed by atoms with E-state index in [1.807, 2.05) is 18.2 Å². The number of allylic oxidation sites excluding steroid dienone is 4. The minimum Gasteiger partial charge on any atom is -0.495 e. The Balaban J connectivity index is 0.000000949. The van der Waals surface area contributed by atoms with Gasteiger partial charge in [0.05, 0.1) is 12.8 Å². The number of amides is 2. The van der Waals surface area contributed by atoms with Crippen LogP contribution in [0.5, 0.6) is 5.75 Å². The zero-order valence-electron chi connectivity index (χ0n) is 23.0. The second-order valence-electron chi connectivity index (χ2n) is 9.23. The van der Waals surface area contributed by atoms with Gasteiger partial charge in [0.1, 0.15) is 5.75 Å². The van der Waals surface area contributed by atoms with Crippen LogP contribution in [0.15, 0.2) is 89.5 Å². The minimum absolute atomic E-state index is 0. The van der Waals surface area contributed by atoms with E-state index in [1.54, 1.807) is 61.7 Å². The molecule has 3 aromatic carbocycles. The molecular weight excluding hydrogens is 567 g/mol. The largest absolute Gasteiger partial charge is 0.495 e. The van der Waals surface area contributed by atoms with Gasteiger partial charge >= 0.3 is 0 Å². The van der Waals surface area contributed by atoms with E-state index in [9.17, 15) is 9.59 Å². The van der Waals surface area contributed by atoms with Crippen LogP contribution in [0.2, 0.25) is 0 Å². The second kappa shape index (κ2) is 15.7. The van der Waals surface area contributed by atoms with E-state index in [1.165, 1.54) is 16.7 Å². The minimum atomic E-state index is -0.541. The number of carbonyl (C=O) groups is 2. The number of halogens is 2. The Bertz CT molecular complexity index is 1370. The summed E-state index contributed by atoms with van der Waals surface area (Å²) in [7, 11) is 1.54. The summed E-state index contributed by atoms with van der Waals surface area (Å²) in [6.07, 6.45) is 3.44. The first-order valence-corrected chi connectivity index (χ1v) is 11.8. The molecule has 3 N–H and O–H groups in total. The maximum Gasteiger partial charge on any atom is 0.256 e. The van der Waals surface area contributed by atoms with Crippen molar-refractivity contribution in [1.82, 2.24) is 0 Å². The summed E-state index contributed by atoms with van der Waals surface area (Å²) in [6.45, 7) is 10.9. The molecule has 0 saturated carbocycles. The van der Waals surface area contributed by atoms with Crippen LogP contribution in [-0.4, -0.2) is 18.9 Å². The van der Waals surface area contributed by atoms with Crippen molar-refractivity contribution in [3.8, 4) is 16.9 Å². The third-order valence-corrected chi connectivity index (χ3v) is 6.57. The summed E-state index contributed by atoms with van der Waals surface area (Å²) in [5.41, 5.74) is 12.5. The average Bonchev–Trinajstić information content (AvgIpc) is 3.05. The Hall–Kier alpha value is -2.83. The Kier molecular flexibility index (Phi) is 14.5. The predicted molar refractivity (Wildman–Crippen MR) is 160 cm³/mol. The number of benzene rings is 3. The van der Waals surface area contributed by atoms with Crippen molar-refractivity contribution < 1.29 is 36.0 Å². The molecule has 206 valence electrons. The molecule has 0 aromatic heterocycles. The predicted octanol–water partition coefficient (Wildman–Crippen LogP) is 7.67. The van der Waals surface area contributed by atoms with Crippen molar-refractivity contribution in [1.29, 1.82) is 0 Å². The van der Waals surface area contributed by atoms with E-state index in [0.29, 0.717) is 33.7 Å². The van der Waals surface area contributed by atoms with Crippen molar-refractivity contribution in [2.75, 3.05) is 12.4 Å². The number of ether oxygens (including phenoxy) is 1. The summed E-state index contributed by atoms with van der Waals surface area (Å²) in [6, 6.07) is 21.2. The van der Waals surface area contributed by atoms with Crippen LogP contribution in [0, 0.1) is 11.5 Å². The first-order chi connectivity index (χ1) is 17.1. The number of methoxy groups -OCH3 is 1. The van der Waals surface area contributed by atoms with Crippen molar-refractivity contribution in [3.05, 3.63) is 107 Å². The van der Waals surface area contributed by atoms with Crippen LogP contribution >= 0.6 is 24.8 Å². The van der Waals surface area contributed by atoms with Gasteiger partial charge in [-0.15, -0.1) is 31.7 Å². The van der Waals surface area contributed by atoms with Gasteiger partial charge in [0.25, 0.3) is 5.91 Å². The molecule has 0 spiro atoms. The number of para-hydroxylation sites is 2. The fourth-order valence-electron chi connectivity index (χ4n) is 4.19. The van der Waals surface area contributed by atoms with Crippen LogP contribution in [0.1, 0.15) is 55.3 Å². The first kappa shape index (κ1) is 36.2. The molecule has 1 aliphatic carbocycles. The zero-order chi connectivity index (χ0) is 26.5. The molecule has 5 nitrogen and oxygen atoms in total. The average molecular weight is 602 g/mol. The van der Waals surface area contributed by atoms with Crippen LogP contribution in [-0.2, 0) is 21.7 Å². The summed E-state index contributed by atoms with van der Waals surface area (Å²) in [4.78, 5) is 24.6. The van der Waals surface area contributed by atoms with Gasteiger partial charge in [-0.1, -0.05) is 81.6 Å². The van der Waals surface area contributed by atoms with Gasteiger partial charge in [-0.2, -0.15) is 11.1 Å². The zero-order valence-corrected chi connectivity index (χ0v) is 26.2. The number of carbonyl (C=O) groups excluding carboxylic acids is 2. The monoisotopic (exact) mass is 601 g/mol. The molecule has 1 aliphatic rings. The maximum atomic E-state index is 12.9. The number of hydrogen-bond donors (Lipinski definition) is 2. The SMILES string of the molecule is CC1=[C-]C(C)(C)C(C)=C1C.COc1ccccc1NC(=O)c1ccccc1-c1ccccc1C(N)=O.Cl.Cl.[Ti]. The molecule has 8 heteroatoms. The molecule has 0 atom stereocenters. The van der Waals surface area contributed by atoms with Gasteiger partial charge < -0.3 is 15.8 Å². The normalized spacial score (nSPS) is 12.8. The first-order valence-electron chi connectivity index (χ1n) is 11.8. The molecule has 2 amide bonds. The summed E-state index contributed by atoms with van der Waals surface area (Å²) >= 11 is 0. The Morgan fingerprint density at radius 1 is 0.821 bits per heavy atom. The molecule has 0 aliphatic heterocycles. The maximum absolute atomic E-state index is 12.9. The second-order valence-corrected chi connectivity index (χ2v) is 9.23. The summed E-state index contributed by atoms with van der Waals surface area (Å²) < 4.78 is 5.27. The molecule has 0 heterocycles. The van der Waals surface area contributed by atoms with E-state index in [-0.39, 0.29) is 57.9 Å². The van der Waals surface area contributed by atoms with E-state index in [4.69, 9.17) is 10.5 Å². The molecule has 0 radical (unpaired) electrons. The van der Waals surface area contributed by atoms with E-state index in [2.05, 4.69) is 46.0 Å². The standard InChI is InChI=1S/C21H18N2O3.C10H15.2ClH.Ti/c1-26-19-13-7-6-12-18(19)23-21(25)17-11-5-3-9-15(17)14-8-2-4-10-16(14)20(22)24;1-7-6-10(4,5)9(3)8(7)2;;;/h2-13H,1H3,(H2,22,24)(H,23,25);1-5H3;2*1H;/q;-1;;;.